The summed E-state index contributed by atoms with van der Waals surface area (Å²) in [6.45, 7) is 2.20. The van der Waals surface area contributed by atoms with Crippen molar-refractivity contribution in [2.24, 2.45) is 7.05 Å². The number of amides is 1. The molecular weight excluding hydrogens is 196 g/mol. The molecule has 0 aliphatic carbocycles. The van der Waals surface area contributed by atoms with Crippen molar-refractivity contribution in [3.63, 3.8) is 0 Å². The van der Waals surface area contributed by atoms with Crippen LogP contribution in [0.15, 0.2) is 0 Å². The molecule has 0 fully saturated rings. The van der Waals surface area contributed by atoms with Gasteiger partial charge in [0.15, 0.2) is 0 Å². The molecule has 2 heterocycles. The Balaban J connectivity index is 2.32. The van der Waals surface area contributed by atoms with E-state index in [1.807, 2.05) is 14.0 Å². The molecule has 1 aliphatic heterocycles. The number of hydrogen-bond acceptors (Lipinski definition) is 4. The first kappa shape index (κ1) is 9.97. The summed E-state index contributed by atoms with van der Waals surface area (Å²) in [5, 5.41) is 10.1. The molecule has 1 unspecified atom stereocenters. The number of carbonyl (C=O) groups is 1. The highest BCUT2D eigenvalue weighted by atomic mass is 16.5. The smallest absolute Gasteiger partial charge is 0.249 e. The molecule has 0 saturated heterocycles. The van der Waals surface area contributed by atoms with Crippen molar-refractivity contribution in [3.8, 4) is 0 Å². The molecule has 15 heavy (non-hydrogen) atoms. The number of ether oxygens (including phenoxy) is 1. The van der Waals surface area contributed by atoms with Crippen molar-refractivity contribution in [2.45, 2.75) is 13.0 Å². The minimum Gasteiger partial charge on any atom is -0.382 e. The van der Waals surface area contributed by atoms with Crippen molar-refractivity contribution >= 4 is 17.4 Å². The van der Waals surface area contributed by atoms with Gasteiger partial charge in [0.1, 0.15) is 17.5 Å². The van der Waals surface area contributed by atoms with E-state index >= 15 is 0 Å². The molecule has 1 aliphatic rings. The second-order valence-electron chi connectivity index (χ2n) is 3.57. The fourth-order valence-electron chi connectivity index (χ4n) is 1.70. The molecule has 1 amide bonds. The summed E-state index contributed by atoms with van der Waals surface area (Å²) in [6.07, 6.45) is 0. The summed E-state index contributed by atoms with van der Waals surface area (Å²) in [4.78, 5) is 11.6. The quantitative estimate of drug-likeness (QED) is 0.727. The van der Waals surface area contributed by atoms with Crippen LogP contribution in [0.1, 0.15) is 5.69 Å². The van der Waals surface area contributed by atoms with Gasteiger partial charge in [-0.15, -0.1) is 0 Å². The third-order valence-electron chi connectivity index (χ3n) is 2.43. The Hall–Kier alpha value is -1.56. The number of hydrogen-bond donors (Lipinski definition) is 2. The Bertz CT molecular complexity index is 399. The molecule has 0 spiro atoms. The molecule has 0 radical (unpaired) electrons. The largest absolute Gasteiger partial charge is 0.382 e. The van der Waals surface area contributed by atoms with Crippen molar-refractivity contribution in [1.82, 2.24) is 9.78 Å². The number of carbonyl (C=O) groups excluding carboxylic acids is 1. The van der Waals surface area contributed by atoms with Gasteiger partial charge < -0.3 is 15.4 Å². The predicted octanol–water partition coefficient (Wildman–Crippen LogP) is 0.108. The Morgan fingerprint density at radius 2 is 2.33 bits per heavy atom. The van der Waals surface area contributed by atoms with Crippen LogP contribution in [0.5, 0.6) is 0 Å². The van der Waals surface area contributed by atoms with Gasteiger partial charge in [-0.1, -0.05) is 0 Å². The standard InChI is InChI=1S/C9H14N4O2/c1-5-7-8(13(2)12-5)10-6(4-15-3)9(14)11-7/h6,10H,4H2,1-3H3,(H,11,14). The summed E-state index contributed by atoms with van der Waals surface area (Å²) in [7, 11) is 3.40. The van der Waals surface area contributed by atoms with E-state index < -0.39 is 0 Å². The number of methoxy groups -OCH3 is 1. The summed E-state index contributed by atoms with van der Waals surface area (Å²) in [6, 6.07) is -0.350. The molecule has 1 aromatic heterocycles. The van der Waals surface area contributed by atoms with E-state index in [9.17, 15) is 4.79 Å². The third kappa shape index (κ3) is 1.56. The predicted molar refractivity (Wildman–Crippen MR) is 55.9 cm³/mol. The van der Waals surface area contributed by atoms with Crippen LogP contribution in [-0.4, -0.2) is 35.4 Å². The zero-order valence-electron chi connectivity index (χ0n) is 9.00. The number of fused-ring (bicyclic) bond motifs is 1. The van der Waals surface area contributed by atoms with Gasteiger partial charge in [0.25, 0.3) is 0 Å². The average Bonchev–Trinajstić information content (AvgIpc) is 2.44. The lowest BCUT2D eigenvalue weighted by atomic mass is 10.2. The van der Waals surface area contributed by atoms with Gasteiger partial charge in [-0.25, -0.2) is 0 Å². The molecular formula is C9H14N4O2. The van der Waals surface area contributed by atoms with Crippen LogP contribution in [0.3, 0.4) is 0 Å². The Kier molecular flexibility index (Phi) is 2.36. The fraction of sp³-hybridized carbons (Fsp3) is 0.556. The zero-order chi connectivity index (χ0) is 11.0. The van der Waals surface area contributed by atoms with E-state index in [4.69, 9.17) is 4.74 Å². The molecule has 6 nitrogen and oxygen atoms in total. The van der Waals surface area contributed by atoms with E-state index in [1.165, 1.54) is 0 Å². The normalized spacial score (nSPS) is 19.4. The summed E-state index contributed by atoms with van der Waals surface area (Å²) in [5.74, 6) is 0.745. The summed E-state index contributed by atoms with van der Waals surface area (Å²) in [5.41, 5.74) is 1.57. The number of nitrogens with one attached hydrogen (secondary N) is 2. The summed E-state index contributed by atoms with van der Waals surface area (Å²) >= 11 is 0. The minimum absolute atomic E-state index is 0.0829. The van der Waals surface area contributed by atoms with E-state index in [0.29, 0.717) is 6.61 Å². The van der Waals surface area contributed by atoms with Crippen molar-refractivity contribution in [3.05, 3.63) is 5.69 Å². The number of anilines is 2. The lowest BCUT2D eigenvalue weighted by Gasteiger charge is -2.24. The summed E-state index contributed by atoms with van der Waals surface area (Å²) < 4.78 is 6.68. The van der Waals surface area contributed by atoms with E-state index in [-0.39, 0.29) is 11.9 Å². The first-order chi connectivity index (χ1) is 7.13. The van der Waals surface area contributed by atoms with Crippen LogP contribution in [0.25, 0.3) is 0 Å². The second-order valence-corrected chi connectivity index (χ2v) is 3.57. The van der Waals surface area contributed by atoms with Crippen LogP contribution >= 0.6 is 0 Å². The van der Waals surface area contributed by atoms with E-state index in [0.717, 1.165) is 17.2 Å². The topological polar surface area (TPSA) is 68.2 Å². The van der Waals surface area contributed by atoms with Crippen molar-refractivity contribution in [2.75, 3.05) is 24.4 Å². The molecule has 82 valence electrons. The Morgan fingerprint density at radius 1 is 1.60 bits per heavy atom. The van der Waals surface area contributed by atoms with Gasteiger partial charge in [0.05, 0.1) is 12.3 Å². The molecule has 0 bridgehead atoms. The number of aryl methyl sites for hydroxylation is 2. The molecule has 1 atom stereocenters. The van der Waals surface area contributed by atoms with E-state index in [2.05, 4.69) is 15.7 Å². The first-order valence-electron chi connectivity index (χ1n) is 4.73. The van der Waals surface area contributed by atoms with Crippen molar-refractivity contribution < 1.29 is 9.53 Å². The Labute approximate surface area is 87.6 Å². The molecule has 1 aromatic rings. The molecule has 0 aromatic carbocycles. The highest BCUT2D eigenvalue weighted by Crippen LogP contribution is 2.28. The van der Waals surface area contributed by atoms with Crippen molar-refractivity contribution in [1.29, 1.82) is 0 Å². The highest BCUT2D eigenvalue weighted by Gasteiger charge is 2.29. The van der Waals surface area contributed by atoms with Crippen LogP contribution in [-0.2, 0) is 16.6 Å². The minimum atomic E-state index is -0.350. The van der Waals surface area contributed by atoms with Gasteiger partial charge in [-0.05, 0) is 6.92 Å². The third-order valence-corrected chi connectivity index (χ3v) is 2.43. The lowest BCUT2D eigenvalue weighted by molar-refractivity contribution is -0.118. The fourth-order valence-corrected chi connectivity index (χ4v) is 1.70. The van der Waals surface area contributed by atoms with E-state index in [1.54, 1.807) is 11.8 Å². The van der Waals surface area contributed by atoms with Crippen LogP contribution < -0.4 is 10.6 Å². The number of aromatic nitrogens is 2. The maximum absolute atomic E-state index is 11.6. The van der Waals surface area contributed by atoms with Crippen LogP contribution in [0, 0.1) is 6.92 Å². The van der Waals surface area contributed by atoms with Gasteiger partial charge >= 0.3 is 0 Å². The first-order valence-corrected chi connectivity index (χ1v) is 4.73. The highest BCUT2D eigenvalue weighted by molar-refractivity contribution is 6.03. The SMILES string of the molecule is COCC1Nc2c(c(C)nn2C)NC1=O. The molecule has 0 saturated carbocycles. The Morgan fingerprint density at radius 3 is 3.00 bits per heavy atom. The van der Waals surface area contributed by atoms with Gasteiger partial charge in [0.2, 0.25) is 5.91 Å². The van der Waals surface area contributed by atoms with Gasteiger partial charge in [-0.3, -0.25) is 9.48 Å². The van der Waals surface area contributed by atoms with Gasteiger partial charge in [0, 0.05) is 14.2 Å². The lowest BCUT2D eigenvalue weighted by Crippen LogP contribution is -2.42. The zero-order valence-corrected chi connectivity index (χ0v) is 9.00. The monoisotopic (exact) mass is 210 g/mol. The maximum Gasteiger partial charge on any atom is 0.249 e. The average molecular weight is 210 g/mol. The van der Waals surface area contributed by atoms with Gasteiger partial charge in [-0.2, -0.15) is 5.10 Å². The molecule has 2 N–H and O–H groups in total. The number of nitrogens with zero attached hydrogens (tertiary/aromatic N) is 2. The maximum atomic E-state index is 11.6. The number of rotatable bonds is 2. The second kappa shape index (κ2) is 3.54. The van der Waals surface area contributed by atoms with Crippen LogP contribution in [0.4, 0.5) is 11.5 Å². The molecule has 2 rings (SSSR count). The van der Waals surface area contributed by atoms with Crippen LogP contribution in [0.2, 0.25) is 0 Å². The molecule has 6 heteroatoms.